The Kier molecular flexibility index (Phi) is 5.88. The van der Waals surface area contributed by atoms with Crippen molar-refractivity contribution in [2.24, 2.45) is 5.73 Å². The van der Waals surface area contributed by atoms with Gasteiger partial charge in [0, 0.05) is 19.1 Å². The number of hydrogen-bond acceptors (Lipinski definition) is 5. The first-order valence-electron chi connectivity index (χ1n) is 6.26. The molecular formula is C12H25N3O2. The summed E-state index contributed by atoms with van der Waals surface area (Å²) in [7, 11) is 5.57. The van der Waals surface area contributed by atoms with E-state index in [4.69, 9.17) is 5.73 Å². The highest BCUT2D eigenvalue weighted by atomic mass is 16.5. The highest BCUT2D eigenvalue weighted by molar-refractivity contribution is 5.75. The molecule has 1 fully saturated rings. The van der Waals surface area contributed by atoms with Gasteiger partial charge in [0.25, 0.3) is 0 Å². The number of methoxy groups -OCH3 is 1. The monoisotopic (exact) mass is 243 g/mol. The van der Waals surface area contributed by atoms with Gasteiger partial charge in [0.15, 0.2) is 0 Å². The molecule has 0 aromatic heterocycles. The van der Waals surface area contributed by atoms with Gasteiger partial charge in [-0.25, -0.2) is 0 Å². The molecule has 100 valence electrons. The van der Waals surface area contributed by atoms with Crippen molar-refractivity contribution in [3.8, 4) is 0 Å². The fraction of sp³-hybridized carbons (Fsp3) is 0.917. The minimum absolute atomic E-state index is 0.312. The van der Waals surface area contributed by atoms with E-state index in [1.807, 2.05) is 0 Å². The van der Waals surface area contributed by atoms with Crippen LogP contribution in [-0.4, -0.2) is 68.7 Å². The molecule has 1 heterocycles. The van der Waals surface area contributed by atoms with Crippen LogP contribution in [0, 0.1) is 0 Å². The molecular weight excluding hydrogens is 218 g/mol. The summed E-state index contributed by atoms with van der Waals surface area (Å²) >= 11 is 0. The molecule has 0 aliphatic carbocycles. The molecule has 1 aliphatic rings. The minimum atomic E-state index is -0.486. The maximum Gasteiger partial charge on any atom is 0.322 e. The van der Waals surface area contributed by atoms with Crippen molar-refractivity contribution in [1.82, 2.24) is 9.80 Å². The molecule has 0 amide bonds. The Hall–Kier alpha value is -0.650. The zero-order valence-electron chi connectivity index (χ0n) is 11.2. The summed E-state index contributed by atoms with van der Waals surface area (Å²) < 4.78 is 4.63. The lowest BCUT2D eigenvalue weighted by Gasteiger charge is -2.27. The quantitative estimate of drug-likeness (QED) is 0.660. The second-order valence-electron chi connectivity index (χ2n) is 5.01. The lowest BCUT2D eigenvalue weighted by atomic mass is 10.2. The number of carbonyl (C=O) groups excluding carboxylic acids is 1. The number of nitrogens with zero attached hydrogens (tertiary/aromatic N) is 2. The van der Waals surface area contributed by atoms with Crippen molar-refractivity contribution < 1.29 is 9.53 Å². The predicted molar refractivity (Wildman–Crippen MR) is 67.8 cm³/mol. The van der Waals surface area contributed by atoms with E-state index in [1.54, 1.807) is 0 Å². The molecule has 5 nitrogen and oxygen atoms in total. The Balaban J connectivity index is 2.32. The molecule has 0 spiro atoms. The predicted octanol–water partition coefficient (Wildman–Crippen LogP) is -0.0972. The van der Waals surface area contributed by atoms with Crippen molar-refractivity contribution in [1.29, 1.82) is 0 Å². The molecule has 0 bridgehead atoms. The third-order valence-electron chi connectivity index (χ3n) is 3.31. The van der Waals surface area contributed by atoms with Gasteiger partial charge in [0.1, 0.15) is 6.04 Å². The van der Waals surface area contributed by atoms with Crippen molar-refractivity contribution in [2.75, 3.05) is 40.8 Å². The fourth-order valence-electron chi connectivity index (χ4n) is 2.39. The van der Waals surface area contributed by atoms with E-state index in [0.29, 0.717) is 12.5 Å². The molecule has 0 radical (unpaired) electrons. The standard InChI is InChI=1S/C12H25N3O2/c1-14(2)9-10-5-4-7-15(10)8-6-11(13)12(16)17-3/h10-11H,4-9,13H2,1-3H3. The van der Waals surface area contributed by atoms with Gasteiger partial charge in [-0.1, -0.05) is 0 Å². The summed E-state index contributed by atoms with van der Waals surface area (Å²) in [6, 6.07) is 0.121. The van der Waals surface area contributed by atoms with Crippen molar-refractivity contribution in [3.05, 3.63) is 0 Å². The number of esters is 1. The Morgan fingerprint density at radius 2 is 2.29 bits per heavy atom. The summed E-state index contributed by atoms with van der Waals surface area (Å²) in [5.41, 5.74) is 5.74. The van der Waals surface area contributed by atoms with Gasteiger partial charge in [0.05, 0.1) is 7.11 Å². The number of rotatable bonds is 6. The van der Waals surface area contributed by atoms with Gasteiger partial charge in [0.2, 0.25) is 0 Å². The number of likely N-dealkylation sites (tertiary alicyclic amines) is 1. The van der Waals surface area contributed by atoms with E-state index in [2.05, 4.69) is 28.6 Å². The second-order valence-corrected chi connectivity index (χ2v) is 5.01. The third-order valence-corrected chi connectivity index (χ3v) is 3.31. The molecule has 1 saturated heterocycles. The average molecular weight is 243 g/mol. The molecule has 2 unspecified atom stereocenters. The average Bonchev–Trinajstić information content (AvgIpc) is 2.71. The number of likely N-dealkylation sites (N-methyl/N-ethyl adjacent to an activating group) is 1. The fourth-order valence-corrected chi connectivity index (χ4v) is 2.39. The van der Waals surface area contributed by atoms with E-state index in [9.17, 15) is 4.79 Å². The van der Waals surface area contributed by atoms with Crippen molar-refractivity contribution in [2.45, 2.75) is 31.3 Å². The highest BCUT2D eigenvalue weighted by Gasteiger charge is 2.25. The summed E-state index contributed by atoms with van der Waals surface area (Å²) in [6.45, 7) is 3.08. The Morgan fingerprint density at radius 3 is 2.88 bits per heavy atom. The van der Waals surface area contributed by atoms with Crippen LogP contribution in [0.3, 0.4) is 0 Å². The van der Waals surface area contributed by atoms with Crippen LogP contribution in [0.2, 0.25) is 0 Å². The smallest absolute Gasteiger partial charge is 0.322 e. The summed E-state index contributed by atoms with van der Waals surface area (Å²) in [4.78, 5) is 15.8. The molecule has 2 N–H and O–H groups in total. The third kappa shape index (κ3) is 4.61. The molecule has 1 aliphatic heterocycles. The Morgan fingerprint density at radius 1 is 1.59 bits per heavy atom. The Labute approximate surface area is 104 Å². The number of nitrogens with two attached hydrogens (primary N) is 1. The summed E-state index contributed by atoms with van der Waals surface area (Å²) in [5, 5.41) is 0. The highest BCUT2D eigenvalue weighted by Crippen LogP contribution is 2.18. The van der Waals surface area contributed by atoms with E-state index in [0.717, 1.165) is 19.6 Å². The topological polar surface area (TPSA) is 58.8 Å². The molecule has 17 heavy (non-hydrogen) atoms. The second kappa shape index (κ2) is 6.93. The molecule has 2 atom stereocenters. The van der Waals surface area contributed by atoms with E-state index >= 15 is 0 Å². The largest absolute Gasteiger partial charge is 0.468 e. The Bertz CT molecular complexity index is 246. The molecule has 1 rings (SSSR count). The van der Waals surface area contributed by atoms with Crippen LogP contribution >= 0.6 is 0 Å². The molecule has 0 aromatic carbocycles. The van der Waals surface area contributed by atoms with Crippen molar-refractivity contribution >= 4 is 5.97 Å². The van der Waals surface area contributed by atoms with Crippen LogP contribution in [0.1, 0.15) is 19.3 Å². The van der Waals surface area contributed by atoms with E-state index in [1.165, 1.54) is 20.0 Å². The SMILES string of the molecule is COC(=O)C(N)CCN1CCCC1CN(C)C. The van der Waals surface area contributed by atoms with Gasteiger partial charge in [-0.2, -0.15) is 0 Å². The van der Waals surface area contributed by atoms with Gasteiger partial charge < -0.3 is 15.4 Å². The molecule has 0 aromatic rings. The van der Waals surface area contributed by atoms with Gasteiger partial charge in [-0.3, -0.25) is 9.69 Å². The van der Waals surface area contributed by atoms with Crippen molar-refractivity contribution in [3.63, 3.8) is 0 Å². The number of ether oxygens (including phenoxy) is 1. The van der Waals surface area contributed by atoms with Gasteiger partial charge in [-0.05, 0) is 39.9 Å². The summed E-state index contributed by atoms with van der Waals surface area (Å²) in [5.74, 6) is -0.312. The zero-order chi connectivity index (χ0) is 12.8. The zero-order valence-corrected chi connectivity index (χ0v) is 11.2. The van der Waals surface area contributed by atoms with Crippen LogP contribution in [-0.2, 0) is 9.53 Å². The first kappa shape index (κ1) is 14.4. The summed E-state index contributed by atoms with van der Waals surface area (Å²) in [6.07, 6.45) is 3.16. The molecule has 0 saturated carbocycles. The van der Waals surface area contributed by atoms with E-state index in [-0.39, 0.29) is 5.97 Å². The minimum Gasteiger partial charge on any atom is -0.468 e. The van der Waals surface area contributed by atoms with Gasteiger partial charge >= 0.3 is 5.97 Å². The maximum absolute atomic E-state index is 11.2. The van der Waals surface area contributed by atoms with Crippen LogP contribution in [0.15, 0.2) is 0 Å². The molecule has 5 heteroatoms. The lowest BCUT2D eigenvalue weighted by molar-refractivity contribution is -0.142. The van der Waals surface area contributed by atoms with Crippen LogP contribution < -0.4 is 5.73 Å². The number of carbonyl (C=O) groups is 1. The van der Waals surface area contributed by atoms with Crippen LogP contribution in [0.25, 0.3) is 0 Å². The normalized spacial score (nSPS) is 23.0. The first-order chi connectivity index (χ1) is 8.04. The maximum atomic E-state index is 11.2. The van der Waals surface area contributed by atoms with Gasteiger partial charge in [-0.15, -0.1) is 0 Å². The number of hydrogen-bond donors (Lipinski definition) is 1. The first-order valence-corrected chi connectivity index (χ1v) is 6.26. The van der Waals surface area contributed by atoms with Crippen LogP contribution in [0.4, 0.5) is 0 Å². The lowest BCUT2D eigenvalue weighted by Crippen LogP contribution is -2.41. The van der Waals surface area contributed by atoms with E-state index < -0.39 is 6.04 Å². The van der Waals surface area contributed by atoms with Crippen LogP contribution in [0.5, 0.6) is 0 Å².